The molecule has 0 fully saturated rings. The SMILES string of the molecule is COc1cc2ncnc(Oc3cc(F)c(C(=O)C(=O)Nc4ccc(Br)cc4)c(F)c3)c2cc1OC. The Morgan fingerprint density at radius 2 is 1.54 bits per heavy atom. The minimum atomic E-state index is -1.38. The zero-order valence-corrected chi connectivity index (χ0v) is 19.9. The summed E-state index contributed by atoms with van der Waals surface area (Å²) in [6.45, 7) is 0. The molecule has 0 saturated carbocycles. The normalized spacial score (nSPS) is 10.7. The molecule has 0 aliphatic carbocycles. The monoisotopic (exact) mass is 543 g/mol. The van der Waals surface area contributed by atoms with Gasteiger partial charge in [-0.15, -0.1) is 0 Å². The number of halogens is 3. The van der Waals surface area contributed by atoms with Crippen molar-refractivity contribution in [2.24, 2.45) is 0 Å². The maximum atomic E-state index is 14.8. The van der Waals surface area contributed by atoms with Gasteiger partial charge in [-0.2, -0.15) is 0 Å². The molecule has 0 unspecified atom stereocenters. The van der Waals surface area contributed by atoms with Crippen LogP contribution in [0.3, 0.4) is 0 Å². The summed E-state index contributed by atoms with van der Waals surface area (Å²) in [5.74, 6) is -4.61. The fourth-order valence-electron chi connectivity index (χ4n) is 3.21. The van der Waals surface area contributed by atoms with Gasteiger partial charge in [0, 0.05) is 28.4 Å². The molecular weight excluding hydrogens is 528 g/mol. The maximum Gasteiger partial charge on any atom is 0.296 e. The van der Waals surface area contributed by atoms with Gasteiger partial charge in [-0.1, -0.05) is 15.9 Å². The Hall–Kier alpha value is -4.12. The molecule has 0 atom stereocenters. The minimum absolute atomic E-state index is 0.0122. The summed E-state index contributed by atoms with van der Waals surface area (Å²) in [5, 5.41) is 2.69. The first-order chi connectivity index (χ1) is 16.8. The van der Waals surface area contributed by atoms with Crippen molar-refractivity contribution in [1.29, 1.82) is 0 Å². The number of rotatable bonds is 7. The minimum Gasteiger partial charge on any atom is -0.493 e. The fraction of sp³-hybridized carbons (Fsp3) is 0.0833. The Kier molecular flexibility index (Phi) is 6.87. The number of ether oxygens (including phenoxy) is 3. The third-order valence-electron chi connectivity index (χ3n) is 4.87. The van der Waals surface area contributed by atoms with Gasteiger partial charge >= 0.3 is 0 Å². The van der Waals surface area contributed by atoms with E-state index in [2.05, 4.69) is 31.2 Å². The second-order valence-electron chi connectivity index (χ2n) is 7.06. The van der Waals surface area contributed by atoms with E-state index in [1.54, 1.807) is 24.3 Å². The molecule has 0 saturated heterocycles. The van der Waals surface area contributed by atoms with Crippen LogP contribution in [0.25, 0.3) is 10.9 Å². The van der Waals surface area contributed by atoms with Crippen molar-refractivity contribution in [3.05, 3.63) is 76.5 Å². The molecular formula is C24H16BrF2N3O5. The molecule has 0 radical (unpaired) electrons. The van der Waals surface area contributed by atoms with Gasteiger partial charge in [-0.25, -0.2) is 18.7 Å². The number of fused-ring (bicyclic) bond motifs is 1. The predicted octanol–water partition coefficient (Wildman–Crippen LogP) is 5.30. The van der Waals surface area contributed by atoms with Gasteiger partial charge in [0.2, 0.25) is 5.88 Å². The second-order valence-corrected chi connectivity index (χ2v) is 7.97. The first kappa shape index (κ1) is 24.0. The van der Waals surface area contributed by atoms with Crippen LogP contribution in [0.1, 0.15) is 10.4 Å². The van der Waals surface area contributed by atoms with Crippen LogP contribution in [0.15, 0.2) is 59.3 Å². The Bertz CT molecular complexity index is 1420. The predicted molar refractivity (Wildman–Crippen MR) is 126 cm³/mol. The summed E-state index contributed by atoms with van der Waals surface area (Å²) in [7, 11) is 2.91. The van der Waals surface area contributed by atoms with E-state index in [-0.39, 0.29) is 17.3 Å². The number of amides is 1. The van der Waals surface area contributed by atoms with Gasteiger partial charge in [0.1, 0.15) is 23.7 Å². The van der Waals surface area contributed by atoms with Crippen molar-refractivity contribution in [3.8, 4) is 23.1 Å². The molecule has 0 spiro atoms. The average molecular weight is 544 g/mol. The lowest BCUT2D eigenvalue weighted by atomic mass is 10.1. The first-order valence-electron chi connectivity index (χ1n) is 9.95. The Morgan fingerprint density at radius 3 is 2.17 bits per heavy atom. The quantitative estimate of drug-likeness (QED) is 0.249. The highest BCUT2D eigenvalue weighted by atomic mass is 79.9. The molecule has 0 bridgehead atoms. The van der Waals surface area contributed by atoms with Crippen molar-refractivity contribution in [2.45, 2.75) is 0 Å². The van der Waals surface area contributed by atoms with E-state index >= 15 is 0 Å². The third-order valence-corrected chi connectivity index (χ3v) is 5.40. The van der Waals surface area contributed by atoms with Crippen molar-refractivity contribution < 1.29 is 32.6 Å². The molecule has 11 heteroatoms. The van der Waals surface area contributed by atoms with Crippen molar-refractivity contribution >= 4 is 44.2 Å². The largest absolute Gasteiger partial charge is 0.493 e. The highest BCUT2D eigenvalue weighted by molar-refractivity contribution is 9.10. The number of methoxy groups -OCH3 is 2. The van der Waals surface area contributed by atoms with Gasteiger partial charge in [0.15, 0.2) is 11.5 Å². The molecule has 1 heterocycles. The number of ketones is 1. The van der Waals surface area contributed by atoms with Gasteiger partial charge in [0.05, 0.1) is 30.7 Å². The lowest BCUT2D eigenvalue weighted by Crippen LogP contribution is -2.25. The number of nitrogens with zero attached hydrogens (tertiary/aromatic N) is 2. The number of nitrogens with one attached hydrogen (secondary N) is 1. The molecule has 3 aromatic carbocycles. The summed E-state index contributed by atoms with van der Waals surface area (Å²) in [6.07, 6.45) is 1.21. The highest BCUT2D eigenvalue weighted by Gasteiger charge is 2.26. The highest BCUT2D eigenvalue weighted by Crippen LogP contribution is 2.36. The van der Waals surface area contributed by atoms with Crippen LogP contribution in [-0.2, 0) is 4.79 Å². The molecule has 4 rings (SSSR count). The Balaban J connectivity index is 1.61. The van der Waals surface area contributed by atoms with Gasteiger partial charge in [-0.3, -0.25) is 9.59 Å². The van der Waals surface area contributed by atoms with Crippen LogP contribution in [0.2, 0.25) is 0 Å². The van der Waals surface area contributed by atoms with Crippen LogP contribution >= 0.6 is 15.9 Å². The molecule has 178 valence electrons. The molecule has 0 aliphatic rings. The van der Waals surface area contributed by atoms with Gasteiger partial charge < -0.3 is 19.5 Å². The van der Waals surface area contributed by atoms with Crippen LogP contribution < -0.4 is 19.5 Å². The van der Waals surface area contributed by atoms with Crippen LogP contribution in [-0.4, -0.2) is 35.9 Å². The number of benzene rings is 3. The number of carbonyl (C=O) groups is 2. The lowest BCUT2D eigenvalue weighted by molar-refractivity contribution is -0.112. The number of hydrogen-bond donors (Lipinski definition) is 1. The molecule has 35 heavy (non-hydrogen) atoms. The van der Waals surface area contributed by atoms with E-state index < -0.39 is 28.9 Å². The second kappa shape index (κ2) is 10.0. The van der Waals surface area contributed by atoms with E-state index in [0.29, 0.717) is 22.4 Å². The maximum absolute atomic E-state index is 14.8. The standard InChI is InChI=1S/C24H16BrF2N3O5/c1-33-19-9-15-18(10-20(19)34-2)28-11-29-24(15)35-14-7-16(26)21(17(27)8-14)22(31)23(32)30-13-5-3-12(25)4-6-13/h3-11H,1-2H3,(H,30,32). The van der Waals surface area contributed by atoms with Crippen molar-refractivity contribution in [1.82, 2.24) is 9.97 Å². The Labute approximate surface area is 206 Å². The van der Waals surface area contributed by atoms with Gasteiger partial charge in [0.25, 0.3) is 11.7 Å². The fourth-order valence-corrected chi connectivity index (χ4v) is 3.48. The van der Waals surface area contributed by atoms with E-state index in [1.165, 1.54) is 32.7 Å². The van der Waals surface area contributed by atoms with Crippen molar-refractivity contribution in [3.63, 3.8) is 0 Å². The summed E-state index contributed by atoms with van der Waals surface area (Å²) in [6, 6.07) is 11.0. The van der Waals surface area contributed by atoms with Crippen molar-refractivity contribution in [2.75, 3.05) is 19.5 Å². The zero-order chi connectivity index (χ0) is 25.1. The van der Waals surface area contributed by atoms with E-state index in [4.69, 9.17) is 14.2 Å². The van der Waals surface area contributed by atoms with Crippen LogP contribution in [0, 0.1) is 11.6 Å². The lowest BCUT2D eigenvalue weighted by Gasteiger charge is -2.12. The number of carbonyl (C=O) groups excluding carboxylic acids is 2. The summed E-state index contributed by atoms with van der Waals surface area (Å²) in [5.41, 5.74) is -0.286. The number of anilines is 1. The molecule has 1 N–H and O–H groups in total. The van der Waals surface area contributed by atoms with E-state index in [9.17, 15) is 18.4 Å². The third kappa shape index (κ3) is 5.04. The summed E-state index contributed by atoms with van der Waals surface area (Å²) >= 11 is 3.24. The van der Waals surface area contributed by atoms with E-state index in [0.717, 1.165) is 16.6 Å². The topological polar surface area (TPSA) is 99.6 Å². The molecule has 8 nitrogen and oxygen atoms in total. The summed E-state index contributed by atoms with van der Waals surface area (Å²) < 4.78 is 46.3. The summed E-state index contributed by atoms with van der Waals surface area (Å²) in [4.78, 5) is 32.9. The van der Waals surface area contributed by atoms with Crippen LogP contribution in [0.4, 0.5) is 14.5 Å². The Morgan fingerprint density at radius 1 is 0.914 bits per heavy atom. The number of Topliss-reactive ketones (excluding diaryl/α,β-unsaturated/α-hetero) is 1. The number of aromatic nitrogens is 2. The van der Waals surface area contributed by atoms with Gasteiger partial charge in [-0.05, 0) is 30.3 Å². The zero-order valence-electron chi connectivity index (χ0n) is 18.3. The molecule has 1 aromatic heterocycles. The average Bonchev–Trinajstić information content (AvgIpc) is 2.84. The van der Waals surface area contributed by atoms with E-state index in [1.807, 2.05) is 0 Å². The molecule has 0 aliphatic heterocycles. The smallest absolute Gasteiger partial charge is 0.296 e. The molecule has 4 aromatic rings. The first-order valence-corrected chi connectivity index (χ1v) is 10.7. The molecule has 1 amide bonds. The van der Waals surface area contributed by atoms with Crippen LogP contribution in [0.5, 0.6) is 23.1 Å². The number of hydrogen-bond acceptors (Lipinski definition) is 7.